The molecular weight excluding hydrogens is 242 g/mol. The highest BCUT2D eigenvalue weighted by Gasteiger charge is 2.28. The van der Waals surface area contributed by atoms with Crippen LogP contribution in [0.25, 0.3) is 11.1 Å². The van der Waals surface area contributed by atoms with E-state index in [1.165, 1.54) is 12.0 Å². The van der Waals surface area contributed by atoms with Crippen LogP contribution in [0.5, 0.6) is 5.75 Å². The Bertz CT molecular complexity index is 652. The molecule has 0 radical (unpaired) electrons. The number of fused-ring (bicyclic) bond motifs is 3. The minimum absolute atomic E-state index is 0.165. The Morgan fingerprint density at radius 3 is 2.79 bits per heavy atom. The zero-order valence-corrected chi connectivity index (χ0v) is 10.5. The lowest BCUT2D eigenvalue weighted by molar-refractivity contribution is 0.178. The molecule has 0 saturated heterocycles. The third-order valence-electron chi connectivity index (χ3n) is 3.32. The number of methoxy groups -OCH3 is 1. The molecule has 96 valence electrons. The van der Waals surface area contributed by atoms with E-state index in [4.69, 9.17) is 4.74 Å². The molecule has 0 unspecified atom stereocenters. The molecule has 1 heterocycles. The van der Waals surface area contributed by atoms with Crippen molar-refractivity contribution in [3.8, 4) is 16.9 Å². The highest BCUT2D eigenvalue weighted by atomic mass is 16.5. The predicted octanol–water partition coefficient (Wildman–Crippen LogP) is 3.15. The highest BCUT2D eigenvalue weighted by Crippen LogP contribution is 2.44. The van der Waals surface area contributed by atoms with Crippen molar-refractivity contribution in [3.05, 3.63) is 48.0 Å². The highest BCUT2D eigenvalue weighted by molar-refractivity contribution is 5.98. The van der Waals surface area contributed by atoms with Crippen LogP contribution in [0.2, 0.25) is 0 Å². The first-order chi connectivity index (χ1) is 9.22. The Kier molecular flexibility index (Phi) is 2.63. The van der Waals surface area contributed by atoms with Crippen LogP contribution in [0.15, 0.2) is 42.5 Å². The number of carbonyl (C=O) groups excluding carboxylic acids is 1. The van der Waals surface area contributed by atoms with Gasteiger partial charge in [-0.05, 0) is 23.3 Å². The van der Waals surface area contributed by atoms with Crippen LogP contribution >= 0.6 is 0 Å². The van der Waals surface area contributed by atoms with Gasteiger partial charge in [0.1, 0.15) is 5.75 Å². The maximum atomic E-state index is 11.9. The number of phenolic OH excluding ortho intramolecular Hbond substituents is 1. The molecule has 1 aliphatic rings. The van der Waals surface area contributed by atoms with Gasteiger partial charge in [-0.15, -0.1) is 0 Å². The van der Waals surface area contributed by atoms with Crippen molar-refractivity contribution < 1.29 is 14.6 Å². The molecule has 2 aromatic carbocycles. The summed E-state index contributed by atoms with van der Waals surface area (Å²) in [7, 11) is 1.35. The quantitative estimate of drug-likeness (QED) is 0.786. The van der Waals surface area contributed by atoms with Crippen molar-refractivity contribution >= 4 is 11.8 Å². The molecule has 0 fully saturated rings. The molecule has 4 heteroatoms. The monoisotopic (exact) mass is 255 g/mol. The second kappa shape index (κ2) is 4.31. The molecule has 3 rings (SSSR count). The van der Waals surface area contributed by atoms with Gasteiger partial charge in [-0.1, -0.05) is 30.3 Å². The molecule has 1 amide bonds. The maximum absolute atomic E-state index is 11.9. The number of amides is 1. The standard InChI is InChI=1S/C15H13NO3/c1-19-15(18)16-9-10-5-2-3-6-11(10)14-12(16)7-4-8-13(14)17/h2-8,17H,9H2,1H3. The predicted molar refractivity (Wildman–Crippen MR) is 72.1 cm³/mol. The second-order valence-electron chi connectivity index (χ2n) is 4.38. The van der Waals surface area contributed by atoms with Crippen molar-refractivity contribution in [2.75, 3.05) is 12.0 Å². The summed E-state index contributed by atoms with van der Waals surface area (Å²) >= 11 is 0. The third-order valence-corrected chi connectivity index (χ3v) is 3.32. The molecule has 0 bridgehead atoms. The lowest BCUT2D eigenvalue weighted by atomic mass is 9.93. The number of hydrogen-bond donors (Lipinski definition) is 1. The summed E-state index contributed by atoms with van der Waals surface area (Å²) in [6, 6.07) is 12.9. The number of aromatic hydroxyl groups is 1. The molecule has 1 N–H and O–H groups in total. The van der Waals surface area contributed by atoms with Gasteiger partial charge in [0.05, 0.1) is 19.3 Å². The molecule has 0 aliphatic carbocycles. The van der Waals surface area contributed by atoms with Gasteiger partial charge in [0.15, 0.2) is 0 Å². The number of rotatable bonds is 0. The van der Waals surface area contributed by atoms with Gasteiger partial charge in [0, 0.05) is 5.56 Å². The number of benzene rings is 2. The Morgan fingerprint density at radius 1 is 1.21 bits per heavy atom. The van der Waals surface area contributed by atoms with Gasteiger partial charge >= 0.3 is 6.09 Å². The molecule has 0 saturated carbocycles. The molecule has 19 heavy (non-hydrogen) atoms. The van der Waals surface area contributed by atoms with Gasteiger partial charge in [0.25, 0.3) is 0 Å². The number of ether oxygens (including phenoxy) is 1. The van der Waals surface area contributed by atoms with Gasteiger partial charge in [-0.3, -0.25) is 4.90 Å². The molecule has 0 aromatic heterocycles. The van der Waals surface area contributed by atoms with E-state index in [0.29, 0.717) is 17.8 Å². The fourth-order valence-corrected chi connectivity index (χ4v) is 2.46. The van der Waals surface area contributed by atoms with Gasteiger partial charge in [-0.2, -0.15) is 0 Å². The molecule has 1 aliphatic heterocycles. The number of nitrogens with zero attached hydrogens (tertiary/aromatic N) is 1. The Labute approximate surface area is 110 Å². The molecule has 4 nitrogen and oxygen atoms in total. The summed E-state index contributed by atoms with van der Waals surface area (Å²) in [5.74, 6) is 0.165. The second-order valence-corrected chi connectivity index (χ2v) is 4.38. The molecule has 2 aromatic rings. The van der Waals surface area contributed by atoms with Crippen LogP contribution in [0.4, 0.5) is 10.5 Å². The summed E-state index contributed by atoms with van der Waals surface area (Å²) in [6.07, 6.45) is -0.429. The van der Waals surface area contributed by atoms with Crippen LogP contribution in [0.1, 0.15) is 5.56 Å². The van der Waals surface area contributed by atoms with Crippen molar-refractivity contribution in [2.45, 2.75) is 6.54 Å². The van der Waals surface area contributed by atoms with Gasteiger partial charge in [-0.25, -0.2) is 4.79 Å². The first kappa shape index (κ1) is 11.6. The first-order valence-electron chi connectivity index (χ1n) is 5.98. The van der Waals surface area contributed by atoms with E-state index in [0.717, 1.165) is 11.1 Å². The number of carbonyl (C=O) groups is 1. The van der Waals surface area contributed by atoms with Gasteiger partial charge < -0.3 is 9.84 Å². The molecule has 0 atom stereocenters. The summed E-state index contributed by atoms with van der Waals surface area (Å²) in [5.41, 5.74) is 3.29. The van der Waals surface area contributed by atoms with Crippen LogP contribution in [-0.2, 0) is 11.3 Å². The fraction of sp³-hybridized carbons (Fsp3) is 0.133. The first-order valence-corrected chi connectivity index (χ1v) is 5.98. The van der Waals surface area contributed by atoms with Crippen LogP contribution in [0, 0.1) is 0 Å². The van der Waals surface area contributed by atoms with Crippen molar-refractivity contribution in [2.24, 2.45) is 0 Å². The summed E-state index contributed by atoms with van der Waals surface area (Å²) in [5, 5.41) is 10.1. The summed E-state index contributed by atoms with van der Waals surface area (Å²) < 4.78 is 4.81. The van der Waals surface area contributed by atoms with Crippen molar-refractivity contribution in [1.29, 1.82) is 0 Å². The van der Waals surface area contributed by atoms with Gasteiger partial charge in [0.2, 0.25) is 0 Å². The lowest BCUT2D eigenvalue weighted by Crippen LogP contribution is -2.32. The third kappa shape index (κ3) is 1.73. The van der Waals surface area contributed by atoms with E-state index in [2.05, 4.69) is 0 Å². The SMILES string of the molecule is COC(=O)N1Cc2ccccc2-c2c(O)cccc21. The Balaban J connectivity index is 2.26. The molecule has 0 spiro atoms. The maximum Gasteiger partial charge on any atom is 0.414 e. The molecular formula is C15H13NO3. The number of anilines is 1. The zero-order chi connectivity index (χ0) is 13.4. The smallest absolute Gasteiger partial charge is 0.414 e. The normalized spacial score (nSPS) is 12.6. The van der Waals surface area contributed by atoms with Crippen LogP contribution in [-0.4, -0.2) is 18.3 Å². The summed E-state index contributed by atoms with van der Waals surface area (Å²) in [6.45, 7) is 0.444. The number of hydrogen-bond acceptors (Lipinski definition) is 3. The Morgan fingerprint density at radius 2 is 2.00 bits per heavy atom. The fourth-order valence-electron chi connectivity index (χ4n) is 2.46. The lowest BCUT2D eigenvalue weighted by Gasteiger charge is -2.30. The number of phenols is 1. The van der Waals surface area contributed by atoms with E-state index >= 15 is 0 Å². The topological polar surface area (TPSA) is 49.8 Å². The van der Waals surface area contributed by atoms with E-state index in [1.807, 2.05) is 30.3 Å². The summed E-state index contributed by atoms with van der Waals surface area (Å²) in [4.78, 5) is 13.4. The van der Waals surface area contributed by atoms with E-state index in [9.17, 15) is 9.90 Å². The van der Waals surface area contributed by atoms with Crippen molar-refractivity contribution in [1.82, 2.24) is 0 Å². The Hall–Kier alpha value is -2.49. The largest absolute Gasteiger partial charge is 0.507 e. The van der Waals surface area contributed by atoms with E-state index in [-0.39, 0.29) is 5.75 Å². The average Bonchev–Trinajstić information content (AvgIpc) is 2.45. The minimum atomic E-state index is -0.429. The minimum Gasteiger partial charge on any atom is -0.507 e. The average molecular weight is 255 g/mol. The van der Waals surface area contributed by atoms with E-state index in [1.54, 1.807) is 12.1 Å². The van der Waals surface area contributed by atoms with Crippen LogP contribution < -0.4 is 4.90 Å². The zero-order valence-electron chi connectivity index (χ0n) is 10.5. The van der Waals surface area contributed by atoms with Crippen molar-refractivity contribution in [3.63, 3.8) is 0 Å². The van der Waals surface area contributed by atoms with E-state index < -0.39 is 6.09 Å². The van der Waals surface area contributed by atoms with Crippen LogP contribution in [0.3, 0.4) is 0 Å².